The summed E-state index contributed by atoms with van der Waals surface area (Å²) < 4.78 is 5.03. The summed E-state index contributed by atoms with van der Waals surface area (Å²) in [5, 5.41) is 6.22. The minimum Gasteiger partial charge on any atom is -0.462 e. The number of thiocarbonyl (C=S) groups is 1. The highest BCUT2D eigenvalue weighted by Gasteiger charge is 2.24. The average molecular weight is 403 g/mol. The van der Waals surface area contributed by atoms with Crippen molar-refractivity contribution >= 4 is 40.3 Å². The Bertz CT molecular complexity index is 738. The minimum atomic E-state index is -0.298. The molecule has 0 saturated heterocycles. The third-order valence-corrected chi connectivity index (χ3v) is 6.03. The van der Waals surface area contributed by atoms with Gasteiger partial charge < -0.3 is 15.0 Å². The van der Waals surface area contributed by atoms with Gasteiger partial charge in [-0.1, -0.05) is 25.3 Å². The molecule has 27 heavy (non-hydrogen) atoms. The standard InChI is InChI=1S/C21H26N2O2S2/c1-2-25-20(24)16-10-12-17(13-11-16)22-21(26)23(15-19-9-6-14-27-19)18-7-4-3-5-8-18/h6,9-14,18H,2-5,7-8,15H2,1H3,(H,22,26). The quantitative estimate of drug-likeness (QED) is 0.513. The van der Waals surface area contributed by atoms with Crippen LogP contribution in [0.3, 0.4) is 0 Å². The lowest BCUT2D eigenvalue weighted by Crippen LogP contribution is -2.43. The summed E-state index contributed by atoms with van der Waals surface area (Å²) in [6.07, 6.45) is 6.23. The smallest absolute Gasteiger partial charge is 0.338 e. The Morgan fingerprint density at radius 3 is 2.59 bits per heavy atom. The maximum Gasteiger partial charge on any atom is 0.338 e. The number of anilines is 1. The highest BCUT2D eigenvalue weighted by molar-refractivity contribution is 7.80. The molecule has 1 aromatic heterocycles. The highest BCUT2D eigenvalue weighted by Crippen LogP contribution is 2.26. The molecule has 0 radical (unpaired) electrons. The maximum absolute atomic E-state index is 11.8. The largest absolute Gasteiger partial charge is 0.462 e. The number of thiophene rings is 1. The van der Waals surface area contributed by atoms with E-state index < -0.39 is 0 Å². The van der Waals surface area contributed by atoms with Crippen LogP contribution >= 0.6 is 23.6 Å². The fourth-order valence-electron chi connectivity index (χ4n) is 3.43. The van der Waals surface area contributed by atoms with Crippen molar-refractivity contribution in [1.29, 1.82) is 0 Å². The summed E-state index contributed by atoms with van der Waals surface area (Å²) >= 11 is 7.53. The molecular weight excluding hydrogens is 376 g/mol. The van der Waals surface area contributed by atoms with Gasteiger partial charge in [0.05, 0.1) is 18.7 Å². The van der Waals surface area contributed by atoms with Crippen LogP contribution in [-0.4, -0.2) is 28.6 Å². The SMILES string of the molecule is CCOC(=O)c1ccc(NC(=S)N(Cc2cccs2)C2CCCCC2)cc1. The van der Waals surface area contributed by atoms with Gasteiger partial charge in [0.1, 0.15) is 0 Å². The number of nitrogens with zero attached hydrogens (tertiary/aromatic N) is 1. The second-order valence-electron chi connectivity index (χ2n) is 6.73. The Kier molecular flexibility index (Phi) is 7.24. The molecule has 0 aliphatic heterocycles. The number of benzene rings is 1. The predicted octanol–water partition coefficient (Wildman–Crippen LogP) is 5.46. The number of rotatable bonds is 6. The third kappa shape index (κ3) is 5.53. The molecule has 3 rings (SSSR count). The van der Waals surface area contributed by atoms with Gasteiger partial charge in [0.15, 0.2) is 5.11 Å². The van der Waals surface area contributed by atoms with Crippen LogP contribution in [0, 0.1) is 0 Å². The van der Waals surface area contributed by atoms with Crippen LogP contribution in [0.4, 0.5) is 5.69 Å². The van der Waals surface area contributed by atoms with Crippen molar-refractivity contribution in [2.45, 2.75) is 51.6 Å². The van der Waals surface area contributed by atoms with Crippen LogP contribution in [0.2, 0.25) is 0 Å². The van der Waals surface area contributed by atoms with Gasteiger partial charge in [-0.15, -0.1) is 11.3 Å². The lowest BCUT2D eigenvalue weighted by atomic mass is 9.94. The van der Waals surface area contributed by atoms with Gasteiger partial charge >= 0.3 is 5.97 Å². The molecule has 1 heterocycles. The molecule has 0 atom stereocenters. The molecule has 1 N–H and O–H groups in total. The van der Waals surface area contributed by atoms with E-state index >= 15 is 0 Å². The van der Waals surface area contributed by atoms with Crippen LogP contribution in [0.25, 0.3) is 0 Å². The maximum atomic E-state index is 11.8. The lowest BCUT2D eigenvalue weighted by Gasteiger charge is -2.36. The molecule has 144 valence electrons. The topological polar surface area (TPSA) is 41.6 Å². The summed E-state index contributed by atoms with van der Waals surface area (Å²) in [4.78, 5) is 15.4. The van der Waals surface area contributed by atoms with E-state index in [9.17, 15) is 4.79 Å². The summed E-state index contributed by atoms with van der Waals surface area (Å²) in [6, 6.07) is 12.0. The molecular formula is C21H26N2O2S2. The molecule has 0 amide bonds. The molecule has 1 fully saturated rings. The Morgan fingerprint density at radius 1 is 1.22 bits per heavy atom. The van der Waals surface area contributed by atoms with E-state index in [0.717, 1.165) is 17.3 Å². The Balaban J connectivity index is 1.68. The first-order valence-corrected chi connectivity index (χ1v) is 10.8. The number of carbonyl (C=O) groups excluding carboxylic acids is 1. The first-order chi connectivity index (χ1) is 13.2. The first-order valence-electron chi connectivity index (χ1n) is 9.54. The molecule has 1 aliphatic rings. The molecule has 0 spiro atoms. The zero-order valence-corrected chi connectivity index (χ0v) is 17.3. The number of carbonyl (C=O) groups is 1. The van der Waals surface area contributed by atoms with Crippen LogP contribution in [0.15, 0.2) is 41.8 Å². The fraction of sp³-hybridized carbons (Fsp3) is 0.429. The Labute approximate surface area is 170 Å². The van der Waals surface area contributed by atoms with Crippen molar-refractivity contribution in [3.8, 4) is 0 Å². The van der Waals surface area contributed by atoms with Gasteiger partial charge in [0.2, 0.25) is 0 Å². The molecule has 1 aromatic carbocycles. The van der Waals surface area contributed by atoms with E-state index in [2.05, 4.69) is 27.7 Å². The van der Waals surface area contributed by atoms with Crippen LogP contribution in [-0.2, 0) is 11.3 Å². The Hall–Kier alpha value is -1.92. The first kappa shape index (κ1) is 19.8. The summed E-state index contributed by atoms with van der Waals surface area (Å²) in [6.45, 7) is 3.02. The van der Waals surface area contributed by atoms with Gasteiger partial charge in [-0.3, -0.25) is 0 Å². The van der Waals surface area contributed by atoms with E-state index in [0.29, 0.717) is 18.2 Å². The van der Waals surface area contributed by atoms with Crippen LogP contribution < -0.4 is 5.32 Å². The molecule has 1 aliphatic carbocycles. The van der Waals surface area contributed by atoms with Gasteiger partial charge in [0.25, 0.3) is 0 Å². The third-order valence-electron chi connectivity index (χ3n) is 4.83. The van der Waals surface area contributed by atoms with E-state index in [1.54, 1.807) is 30.4 Å². The van der Waals surface area contributed by atoms with Crippen molar-refractivity contribution in [2.24, 2.45) is 0 Å². The summed E-state index contributed by atoms with van der Waals surface area (Å²) in [7, 11) is 0. The zero-order valence-electron chi connectivity index (χ0n) is 15.6. The molecule has 1 saturated carbocycles. The fourth-order valence-corrected chi connectivity index (χ4v) is 4.46. The number of esters is 1. The van der Waals surface area contributed by atoms with Crippen molar-refractivity contribution in [2.75, 3.05) is 11.9 Å². The van der Waals surface area contributed by atoms with Crippen molar-refractivity contribution < 1.29 is 9.53 Å². The van der Waals surface area contributed by atoms with E-state index in [1.165, 1.54) is 37.0 Å². The summed E-state index contributed by atoms with van der Waals surface area (Å²) in [5.74, 6) is -0.298. The average Bonchev–Trinajstić information content (AvgIpc) is 3.21. The van der Waals surface area contributed by atoms with Crippen molar-refractivity contribution in [1.82, 2.24) is 4.90 Å². The number of hydrogen-bond acceptors (Lipinski definition) is 4. The van der Waals surface area contributed by atoms with Gasteiger partial charge in [0, 0.05) is 16.6 Å². The zero-order chi connectivity index (χ0) is 19.1. The highest BCUT2D eigenvalue weighted by atomic mass is 32.1. The molecule has 6 heteroatoms. The van der Waals surface area contributed by atoms with E-state index in [4.69, 9.17) is 17.0 Å². The van der Waals surface area contributed by atoms with Gasteiger partial charge in [-0.25, -0.2) is 4.79 Å². The molecule has 0 bridgehead atoms. The normalized spacial score (nSPS) is 14.6. The molecule has 0 unspecified atom stereocenters. The van der Waals surface area contributed by atoms with Crippen molar-refractivity contribution in [3.05, 3.63) is 52.2 Å². The van der Waals surface area contributed by atoms with Crippen LogP contribution in [0.5, 0.6) is 0 Å². The second-order valence-corrected chi connectivity index (χ2v) is 8.15. The second kappa shape index (κ2) is 9.85. The molecule has 2 aromatic rings. The predicted molar refractivity (Wildman–Crippen MR) is 115 cm³/mol. The van der Waals surface area contributed by atoms with E-state index in [1.807, 2.05) is 12.1 Å². The Morgan fingerprint density at radius 2 is 1.96 bits per heavy atom. The summed E-state index contributed by atoms with van der Waals surface area (Å²) in [5.41, 5.74) is 1.44. The number of nitrogens with one attached hydrogen (secondary N) is 1. The minimum absolute atomic E-state index is 0.298. The van der Waals surface area contributed by atoms with Crippen LogP contribution in [0.1, 0.15) is 54.3 Å². The van der Waals surface area contributed by atoms with Gasteiger partial charge in [-0.05, 0) is 67.7 Å². The van der Waals surface area contributed by atoms with Crippen molar-refractivity contribution in [3.63, 3.8) is 0 Å². The molecule has 4 nitrogen and oxygen atoms in total. The monoisotopic (exact) mass is 402 g/mol. The van der Waals surface area contributed by atoms with Gasteiger partial charge in [-0.2, -0.15) is 0 Å². The van der Waals surface area contributed by atoms with E-state index in [-0.39, 0.29) is 5.97 Å². The lowest BCUT2D eigenvalue weighted by molar-refractivity contribution is 0.0526. The number of hydrogen-bond donors (Lipinski definition) is 1. The number of ether oxygens (including phenoxy) is 1.